The second-order valence-electron chi connectivity index (χ2n) is 10.2. The Bertz CT molecular complexity index is 1580. The Morgan fingerprint density at radius 1 is 0.718 bits per heavy atom. The summed E-state index contributed by atoms with van der Waals surface area (Å²) in [5.74, 6) is 1.14. The minimum absolute atomic E-state index is 0.224. The highest BCUT2D eigenvalue weighted by Crippen LogP contribution is 2.26. The van der Waals surface area contributed by atoms with Gasteiger partial charge < -0.3 is 9.80 Å². The van der Waals surface area contributed by atoms with Gasteiger partial charge in [-0.3, -0.25) is 14.8 Å². The summed E-state index contributed by atoms with van der Waals surface area (Å²) in [5, 5.41) is 0. The molecule has 6 nitrogen and oxygen atoms in total. The van der Waals surface area contributed by atoms with Gasteiger partial charge in [-0.05, 0) is 53.4 Å². The van der Waals surface area contributed by atoms with Crippen LogP contribution in [0.5, 0.6) is 0 Å². The summed E-state index contributed by atoms with van der Waals surface area (Å²) < 4.78 is 0. The number of hydrogen-bond acceptors (Lipinski definition) is 6. The molecule has 3 aromatic carbocycles. The van der Waals surface area contributed by atoms with Crippen LogP contribution in [0.25, 0.3) is 22.2 Å². The van der Waals surface area contributed by atoms with E-state index in [1.165, 1.54) is 11.3 Å². The van der Waals surface area contributed by atoms with Crippen molar-refractivity contribution in [3.63, 3.8) is 0 Å². The third-order valence-electron chi connectivity index (χ3n) is 7.37. The van der Waals surface area contributed by atoms with Crippen LogP contribution in [-0.4, -0.2) is 46.9 Å². The van der Waals surface area contributed by atoms with E-state index in [4.69, 9.17) is 9.97 Å². The number of benzene rings is 3. The van der Waals surface area contributed by atoms with Crippen molar-refractivity contribution in [2.24, 2.45) is 0 Å². The number of carbonyl (C=O) groups excluding carboxylic acids is 1. The molecule has 0 bridgehead atoms. The highest BCUT2D eigenvalue weighted by molar-refractivity contribution is 5.84. The van der Waals surface area contributed by atoms with Gasteiger partial charge in [0, 0.05) is 57.1 Å². The van der Waals surface area contributed by atoms with Gasteiger partial charge in [-0.1, -0.05) is 60.2 Å². The molecule has 1 saturated heterocycles. The van der Waals surface area contributed by atoms with Crippen molar-refractivity contribution in [3.8, 4) is 11.1 Å². The van der Waals surface area contributed by atoms with Crippen LogP contribution < -0.4 is 9.80 Å². The number of piperazine rings is 1. The minimum atomic E-state index is 0.224. The number of ketones is 1. The predicted molar refractivity (Wildman–Crippen MR) is 157 cm³/mol. The molecule has 0 radical (unpaired) electrons. The lowest BCUT2D eigenvalue weighted by atomic mass is 9.99. The monoisotopic (exact) mass is 513 g/mol. The quantitative estimate of drug-likeness (QED) is 0.279. The first-order valence-electron chi connectivity index (χ1n) is 13.4. The summed E-state index contributed by atoms with van der Waals surface area (Å²) in [4.78, 5) is 31.1. The Morgan fingerprint density at radius 2 is 1.33 bits per heavy atom. The van der Waals surface area contributed by atoms with E-state index in [1.54, 1.807) is 0 Å². The SMILES string of the molecule is Cc1ccc(CC(=O)Cc2ccc(-c3ccc4ncc(N5CCN(c6ccncc6)CC5)nc4c3)cc2)cc1. The van der Waals surface area contributed by atoms with Gasteiger partial charge >= 0.3 is 0 Å². The molecule has 194 valence electrons. The van der Waals surface area contributed by atoms with E-state index in [9.17, 15) is 4.79 Å². The molecule has 1 aliphatic rings. The lowest BCUT2D eigenvalue weighted by Crippen LogP contribution is -2.46. The standard InChI is InChI=1S/C33H31N5O/c1-24-2-4-25(5-3-24)20-30(39)21-26-6-8-27(9-7-26)28-10-11-31-32(22-28)36-33(23-35-31)38-18-16-37(17-19-38)29-12-14-34-15-13-29/h2-15,22-23H,16-21H2,1H3. The number of nitrogens with zero attached hydrogens (tertiary/aromatic N) is 5. The molecular formula is C33H31N5O. The van der Waals surface area contributed by atoms with Crippen LogP contribution in [0.2, 0.25) is 0 Å². The van der Waals surface area contributed by atoms with Crippen LogP contribution in [0.4, 0.5) is 11.5 Å². The van der Waals surface area contributed by atoms with Crippen LogP contribution >= 0.6 is 0 Å². The van der Waals surface area contributed by atoms with E-state index in [2.05, 4.69) is 82.4 Å². The molecule has 2 aromatic heterocycles. The Morgan fingerprint density at radius 3 is 2.03 bits per heavy atom. The van der Waals surface area contributed by atoms with Crippen LogP contribution in [0.1, 0.15) is 16.7 Å². The van der Waals surface area contributed by atoms with Crippen molar-refractivity contribution in [3.05, 3.63) is 114 Å². The van der Waals surface area contributed by atoms with Gasteiger partial charge in [-0.15, -0.1) is 0 Å². The van der Waals surface area contributed by atoms with Crippen molar-refractivity contribution < 1.29 is 4.79 Å². The van der Waals surface area contributed by atoms with E-state index in [0.717, 1.165) is 65.3 Å². The molecule has 0 aliphatic carbocycles. The predicted octanol–water partition coefficient (Wildman–Crippen LogP) is 5.68. The third-order valence-corrected chi connectivity index (χ3v) is 7.37. The summed E-state index contributed by atoms with van der Waals surface area (Å²) in [6.45, 7) is 5.71. The maximum Gasteiger partial charge on any atom is 0.147 e. The van der Waals surface area contributed by atoms with Gasteiger partial charge in [0.2, 0.25) is 0 Å². The normalized spacial score (nSPS) is 13.6. The number of carbonyl (C=O) groups is 1. The number of anilines is 2. The van der Waals surface area contributed by atoms with Crippen LogP contribution in [0.3, 0.4) is 0 Å². The second kappa shape index (κ2) is 11.0. The average molecular weight is 514 g/mol. The highest BCUT2D eigenvalue weighted by atomic mass is 16.1. The zero-order valence-electron chi connectivity index (χ0n) is 22.1. The lowest BCUT2D eigenvalue weighted by Gasteiger charge is -2.36. The Kier molecular flexibility index (Phi) is 7.00. The molecule has 0 spiro atoms. The maximum absolute atomic E-state index is 12.6. The van der Waals surface area contributed by atoms with Gasteiger partial charge in [0.15, 0.2) is 0 Å². The maximum atomic E-state index is 12.6. The molecule has 0 saturated carbocycles. The number of aromatic nitrogens is 3. The van der Waals surface area contributed by atoms with Gasteiger partial charge in [0.05, 0.1) is 17.2 Å². The number of hydrogen-bond donors (Lipinski definition) is 0. The fourth-order valence-corrected chi connectivity index (χ4v) is 5.12. The van der Waals surface area contributed by atoms with Gasteiger partial charge in [-0.2, -0.15) is 0 Å². The van der Waals surface area contributed by atoms with Gasteiger partial charge in [0.1, 0.15) is 11.6 Å². The topological polar surface area (TPSA) is 62.2 Å². The lowest BCUT2D eigenvalue weighted by molar-refractivity contribution is -0.117. The molecule has 39 heavy (non-hydrogen) atoms. The van der Waals surface area contributed by atoms with Crippen molar-refractivity contribution >= 4 is 28.3 Å². The Labute approximate surface area is 229 Å². The Hall–Kier alpha value is -4.58. The van der Waals surface area contributed by atoms with E-state index >= 15 is 0 Å². The van der Waals surface area contributed by atoms with Crippen molar-refractivity contribution in [1.29, 1.82) is 0 Å². The van der Waals surface area contributed by atoms with E-state index in [-0.39, 0.29) is 5.78 Å². The smallest absolute Gasteiger partial charge is 0.147 e. The fraction of sp³-hybridized carbons (Fsp3) is 0.212. The first-order valence-corrected chi connectivity index (χ1v) is 13.4. The van der Waals surface area contributed by atoms with Crippen LogP contribution in [0.15, 0.2) is 97.5 Å². The summed E-state index contributed by atoms with van der Waals surface area (Å²) in [7, 11) is 0. The van der Waals surface area contributed by atoms with Crippen molar-refractivity contribution in [1.82, 2.24) is 15.0 Å². The van der Waals surface area contributed by atoms with Gasteiger partial charge in [-0.25, -0.2) is 4.98 Å². The average Bonchev–Trinajstić information content (AvgIpc) is 2.99. The highest BCUT2D eigenvalue weighted by Gasteiger charge is 2.19. The number of rotatable bonds is 7. The van der Waals surface area contributed by atoms with Crippen molar-refractivity contribution in [2.75, 3.05) is 36.0 Å². The van der Waals surface area contributed by atoms with Crippen LogP contribution in [-0.2, 0) is 17.6 Å². The molecule has 5 aromatic rings. The largest absolute Gasteiger partial charge is 0.368 e. The zero-order valence-corrected chi connectivity index (χ0v) is 22.1. The zero-order chi connectivity index (χ0) is 26.6. The first kappa shape index (κ1) is 24.7. The third kappa shape index (κ3) is 5.80. The minimum Gasteiger partial charge on any atom is -0.368 e. The molecule has 6 rings (SSSR count). The van der Waals surface area contributed by atoms with E-state index < -0.39 is 0 Å². The van der Waals surface area contributed by atoms with Crippen LogP contribution in [0, 0.1) is 6.92 Å². The number of fused-ring (bicyclic) bond motifs is 1. The molecule has 1 fully saturated rings. The second-order valence-corrected chi connectivity index (χ2v) is 10.2. The van der Waals surface area contributed by atoms with Gasteiger partial charge in [0.25, 0.3) is 0 Å². The number of Topliss-reactive ketones (excluding diaryl/α,β-unsaturated/α-hetero) is 1. The molecule has 3 heterocycles. The molecule has 0 amide bonds. The first-order chi connectivity index (χ1) is 19.1. The molecule has 6 heteroatoms. The molecule has 0 unspecified atom stereocenters. The molecule has 0 atom stereocenters. The molecule has 0 N–H and O–H groups in total. The van der Waals surface area contributed by atoms with E-state index in [1.807, 2.05) is 36.8 Å². The Balaban J connectivity index is 1.12. The number of aryl methyl sites for hydroxylation is 1. The fourth-order valence-electron chi connectivity index (χ4n) is 5.12. The van der Waals surface area contributed by atoms with Crippen molar-refractivity contribution in [2.45, 2.75) is 19.8 Å². The molecular weight excluding hydrogens is 482 g/mol. The summed E-state index contributed by atoms with van der Waals surface area (Å²) >= 11 is 0. The summed E-state index contributed by atoms with van der Waals surface area (Å²) in [6, 6.07) is 26.8. The summed E-state index contributed by atoms with van der Waals surface area (Å²) in [6.07, 6.45) is 6.47. The number of pyridine rings is 1. The summed E-state index contributed by atoms with van der Waals surface area (Å²) in [5.41, 5.74) is 8.48. The molecule has 1 aliphatic heterocycles. The van der Waals surface area contributed by atoms with E-state index in [0.29, 0.717) is 12.8 Å².